The first-order chi connectivity index (χ1) is 3.05. The second-order valence-corrected chi connectivity index (χ2v) is 4.50. The van der Waals surface area contributed by atoms with E-state index < -0.39 is 7.74 Å². The Morgan fingerprint density at radius 2 is 1.86 bits per heavy atom. The van der Waals surface area contributed by atoms with Crippen LogP contribution in [-0.4, -0.2) is 20.3 Å². The molecule has 0 unspecified atom stereocenters. The van der Waals surface area contributed by atoms with Crippen LogP contribution in [0.25, 0.3) is 0 Å². The second-order valence-electron chi connectivity index (χ2n) is 1.13. The van der Waals surface area contributed by atoms with Gasteiger partial charge in [-0.1, -0.05) is 0 Å². The number of hydrogen-bond acceptors (Lipinski definition) is 5. The fourth-order valence-electron chi connectivity index (χ4n) is 0.104. The molecule has 0 aromatic carbocycles. The van der Waals surface area contributed by atoms with Gasteiger partial charge in [0.2, 0.25) is 0 Å². The zero-order valence-electron chi connectivity index (χ0n) is 3.57. The van der Waals surface area contributed by atoms with E-state index in [1.54, 1.807) is 0 Å². The van der Waals surface area contributed by atoms with Gasteiger partial charge in [-0.15, -0.1) is 0 Å². The minimum atomic E-state index is -4.26. The van der Waals surface area contributed by atoms with Crippen molar-refractivity contribution in [3.8, 4) is 0 Å². The molecule has 2 N–H and O–H groups in total. The van der Waals surface area contributed by atoms with E-state index >= 15 is 0 Å². The van der Waals surface area contributed by atoms with Crippen LogP contribution in [0.4, 0.5) is 0 Å². The van der Waals surface area contributed by atoms with Gasteiger partial charge < -0.3 is 0 Å². The quantitative estimate of drug-likeness (QED) is 0.200. The van der Waals surface area contributed by atoms with E-state index in [-0.39, 0.29) is 10.5 Å². The predicted octanol–water partition coefficient (Wildman–Crippen LogP) is -1.64. The van der Waals surface area contributed by atoms with E-state index in [0.29, 0.717) is 0 Å². The monoisotopic (exact) mass is 144 g/mol. The molecule has 7 heavy (non-hydrogen) atoms. The van der Waals surface area contributed by atoms with Crippen molar-refractivity contribution >= 4 is 18.2 Å². The van der Waals surface area contributed by atoms with Crippen molar-refractivity contribution in [1.82, 2.24) is 0 Å². The number of rotatable bonds is 1. The molecule has 0 bridgehead atoms. The average Bonchev–Trinajstić information content (AvgIpc) is 2.20. The Balaban J connectivity index is 2.58. The van der Waals surface area contributed by atoms with E-state index in [0.717, 1.165) is 0 Å². The van der Waals surface area contributed by atoms with Crippen molar-refractivity contribution < 1.29 is 23.3 Å². The normalized spacial score (nSPS) is 38.9. The van der Waals surface area contributed by atoms with E-state index in [1.807, 2.05) is 0 Å². The molecular formula is H5O5PSi. The van der Waals surface area contributed by atoms with E-state index in [4.69, 9.17) is 9.79 Å². The minimum absolute atomic E-state index is 0.193. The molecule has 5 nitrogen and oxygen atoms in total. The molecule has 0 atom stereocenters. The molecule has 0 aromatic rings. The molecule has 0 aromatic heterocycles. The Hall–Kier alpha value is 0.447. The fraction of sp³-hybridized carbons (Fsp3) is 0. The fourth-order valence-corrected chi connectivity index (χ4v) is 0.939. The van der Waals surface area contributed by atoms with Crippen LogP contribution in [0.5, 0.6) is 0 Å². The van der Waals surface area contributed by atoms with Gasteiger partial charge in [0.05, 0.1) is 0 Å². The van der Waals surface area contributed by atoms with Crippen LogP contribution in [0.15, 0.2) is 0 Å². The van der Waals surface area contributed by atoms with Crippen molar-refractivity contribution in [2.45, 2.75) is 0 Å². The van der Waals surface area contributed by atoms with E-state index in [9.17, 15) is 0 Å². The van der Waals surface area contributed by atoms with Crippen molar-refractivity contribution in [2.24, 2.45) is 0 Å². The maximum absolute atomic E-state index is 8.46. The molecule has 1 heterocycles. The second kappa shape index (κ2) is 1.06. The van der Waals surface area contributed by atoms with Gasteiger partial charge in [-0.05, 0) is 0 Å². The van der Waals surface area contributed by atoms with Gasteiger partial charge in [0, 0.05) is 0 Å². The summed E-state index contributed by atoms with van der Waals surface area (Å²) in [5, 5.41) is 0. The van der Waals surface area contributed by atoms with Gasteiger partial charge in [0.25, 0.3) is 0 Å². The molecule has 1 aliphatic heterocycles. The summed E-state index contributed by atoms with van der Waals surface area (Å²) in [6, 6.07) is 0. The molecule has 1 saturated heterocycles. The maximum atomic E-state index is 8.46. The van der Waals surface area contributed by atoms with E-state index in [2.05, 4.69) is 13.6 Å². The summed E-state index contributed by atoms with van der Waals surface area (Å²) in [4.78, 5) is 16.9. The first-order valence-corrected chi connectivity index (χ1v) is 4.23. The Morgan fingerprint density at radius 1 is 1.43 bits per heavy atom. The molecule has 1 fully saturated rings. The topological polar surface area (TPSA) is 74.8 Å². The molecule has 44 valence electrons. The van der Waals surface area contributed by atoms with Crippen LogP contribution in [0.1, 0.15) is 0 Å². The van der Waals surface area contributed by atoms with Gasteiger partial charge in [-0.25, -0.2) is 0 Å². The number of hydrogen-bond donors (Lipinski definition) is 2. The third kappa shape index (κ3) is 0.973. The van der Waals surface area contributed by atoms with Crippen molar-refractivity contribution in [1.29, 1.82) is 0 Å². The van der Waals surface area contributed by atoms with Gasteiger partial charge >= 0.3 is 41.6 Å². The van der Waals surface area contributed by atoms with Gasteiger partial charge in [-0.3, -0.25) is 0 Å². The Labute approximate surface area is 42.6 Å². The van der Waals surface area contributed by atoms with Crippen LogP contribution < -0.4 is 0 Å². The molecule has 1 aliphatic rings. The Kier molecular flexibility index (Phi) is 0.843. The van der Waals surface area contributed by atoms with Crippen LogP contribution in [0, 0.1) is 0 Å². The first kappa shape index (κ1) is 5.58. The zero-order chi connectivity index (χ0) is 5.57. The summed E-state index contributed by atoms with van der Waals surface area (Å²) in [6.45, 7) is 0. The molecule has 0 radical (unpaired) electrons. The van der Waals surface area contributed by atoms with Gasteiger partial charge in [-0.2, -0.15) is 0 Å². The Bertz CT molecular complexity index is 90.3. The zero-order valence-corrected chi connectivity index (χ0v) is 6.46. The molecule has 0 amide bonds. The third-order valence-corrected chi connectivity index (χ3v) is 3.62. The summed E-state index contributed by atoms with van der Waals surface area (Å²) in [7, 11) is -4.07. The van der Waals surface area contributed by atoms with E-state index in [1.165, 1.54) is 0 Å². The van der Waals surface area contributed by atoms with Gasteiger partial charge in [0.15, 0.2) is 0 Å². The molecule has 1 rings (SSSR count). The summed E-state index contributed by atoms with van der Waals surface area (Å²) in [5.41, 5.74) is 0. The van der Waals surface area contributed by atoms with Crippen molar-refractivity contribution in [3.63, 3.8) is 0 Å². The molecular weight excluding hydrogens is 139 g/mol. The molecule has 0 aliphatic carbocycles. The van der Waals surface area contributed by atoms with Crippen molar-refractivity contribution in [2.75, 3.05) is 0 Å². The predicted molar refractivity (Wildman–Crippen MR) is 24.6 cm³/mol. The Morgan fingerprint density at radius 3 is 1.86 bits per heavy atom. The summed E-state index contributed by atoms with van der Waals surface area (Å²) in [6.07, 6.45) is 0. The van der Waals surface area contributed by atoms with Crippen LogP contribution in [-0.2, 0) is 13.6 Å². The van der Waals surface area contributed by atoms with Crippen LogP contribution in [0.2, 0.25) is 0 Å². The molecule has 0 spiro atoms. The summed E-state index contributed by atoms with van der Waals surface area (Å²) < 4.78 is 11.7. The molecule has 0 saturated carbocycles. The molecule has 7 heteroatoms. The van der Waals surface area contributed by atoms with Crippen molar-refractivity contribution in [3.05, 3.63) is 0 Å². The van der Waals surface area contributed by atoms with Crippen LogP contribution in [0.3, 0.4) is 0 Å². The standard InChI is InChI=1S/H5O5PSi/c1-6(2,5-7)3-4-6/h1-2H,7H3. The third-order valence-electron chi connectivity index (χ3n) is 0.581. The average molecular weight is 144 g/mol. The summed E-state index contributed by atoms with van der Waals surface area (Å²) >= 11 is 0. The first-order valence-electron chi connectivity index (χ1n) is 1.52. The van der Waals surface area contributed by atoms with Crippen LogP contribution >= 0.6 is 7.74 Å². The van der Waals surface area contributed by atoms with Gasteiger partial charge in [0.1, 0.15) is 0 Å². The summed E-state index contributed by atoms with van der Waals surface area (Å²) in [5.74, 6) is 0. The SMILES string of the molecule is OP1(O)(O[SiH3])OO1.